The second-order valence-electron chi connectivity index (χ2n) is 5.03. The highest BCUT2D eigenvalue weighted by molar-refractivity contribution is 5.97. The topological polar surface area (TPSA) is 111 Å². The van der Waals surface area contributed by atoms with Gasteiger partial charge < -0.3 is 15.7 Å². The van der Waals surface area contributed by atoms with E-state index in [-0.39, 0.29) is 18.2 Å². The Morgan fingerprint density at radius 3 is 2.39 bits per heavy atom. The van der Waals surface area contributed by atoms with Crippen LogP contribution in [0.25, 0.3) is 0 Å². The molecule has 0 aromatic heterocycles. The number of aromatic hydroxyl groups is 1. The maximum absolute atomic E-state index is 11.9. The number of imide groups is 1. The summed E-state index contributed by atoms with van der Waals surface area (Å²) < 4.78 is 0. The standard InChI is InChI=1S/C15H22N4O4/c1-4-16-15(23)18-14(22)10(2)19(3)9-13(21)17-11-5-7-12(20)8-6-11/h5-8,10,20H,4,9H2,1-3H3,(H,17,21)(H2,16,18,22,23)/t10-/m1/s1. The minimum absolute atomic E-state index is 0.0230. The van der Waals surface area contributed by atoms with Gasteiger partial charge in [0.05, 0.1) is 12.6 Å². The average molecular weight is 322 g/mol. The lowest BCUT2D eigenvalue weighted by Gasteiger charge is -2.22. The van der Waals surface area contributed by atoms with Crippen LogP contribution >= 0.6 is 0 Å². The number of nitrogens with one attached hydrogen (secondary N) is 3. The van der Waals surface area contributed by atoms with Crippen LogP contribution in [-0.2, 0) is 9.59 Å². The number of likely N-dealkylation sites (N-methyl/N-ethyl adjacent to an activating group) is 1. The third-order valence-electron chi connectivity index (χ3n) is 3.16. The van der Waals surface area contributed by atoms with E-state index in [4.69, 9.17) is 0 Å². The van der Waals surface area contributed by atoms with Crippen molar-refractivity contribution in [3.63, 3.8) is 0 Å². The zero-order valence-corrected chi connectivity index (χ0v) is 13.4. The van der Waals surface area contributed by atoms with E-state index in [1.807, 2.05) is 0 Å². The van der Waals surface area contributed by atoms with Crippen LogP contribution in [0.15, 0.2) is 24.3 Å². The summed E-state index contributed by atoms with van der Waals surface area (Å²) >= 11 is 0. The molecule has 8 nitrogen and oxygen atoms in total. The van der Waals surface area contributed by atoms with Gasteiger partial charge in [-0.1, -0.05) is 0 Å². The first kappa shape index (κ1) is 18.4. The fourth-order valence-corrected chi connectivity index (χ4v) is 1.73. The highest BCUT2D eigenvalue weighted by Gasteiger charge is 2.21. The highest BCUT2D eigenvalue weighted by Crippen LogP contribution is 2.13. The number of nitrogens with zero attached hydrogens (tertiary/aromatic N) is 1. The Hall–Kier alpha value is -2.61. The molecule has 1 atom stereocenters. The van der Waals surface area contributed by atoms with Crippen LogP contribution in [0.3, 0.4) is 0 Å². The Bertz CT molecular complexity index is 559. The van der Waals surface area contributed by atoms with E-state index in [0.717, 1.165) is 0 Å². The van der Waals surface area contributed by atoms with E-state index in [0.29, 0.717) is 12.2 Å². The second-order valence-corrected chi connectivity index (χ2v) is 5.03. The summed E-state index contributed by atoms with van der Waals surface area (Å²) in [5.41, 5.74) is 0.542. The van der Waals surface area contributed by atoms with Crippen molar-refractivity contribution in [3.05, 3.63) is 24.3 Å². The number of anilines is 1. The summed E-state index contributed by atoms with van der Waals surface area (Å²) in [6.45, 7) is 3.74. The summed E-state index contributed by atoms with van der Waals surface area (Å²) in [5, 5.41) is 16.5. The number of phenolic OH excluding ortho intramolecular Hbond substituents is 1. The molecule has 126 valence electrons. The SMILES string of the molecule is CCNC(=O)NC(=O)[C@@H](C)N(C)CC(=O)Nc1ccc(O)cc1. The van der Waals surface area contributed by atoms with Gasteiger partial charge in [0.2, 0.25) is 11.8 Å². The van der Waals surface area contributed by atoms with Gasteiger partial charge in [-0.05, 0) is 45.2 Å². The molecule has 0 aliphatic rings. The molecule has 0 spiro atoms. The molecule has 0 unspecified atom stereocenters. The Morgan fingerprint density at radius 2 is 1.83 bits per heavy atom. The van der Waals surface area contributed by atoms with Crippen molar-refractivity contribution < 1.29 is 19.5 Å². The van der Waals surface area contributed by atoms with Crippen LogP contribution in [-0.4, -0.2) is 54.0 Å². The van der Waals surface area contributed by atoms with Gasteiger partial charge in [-0.25, -0.2) is 4.79 Å². The molecule has 0 fully saturated rings. The van der Waals surface area contributed by atoms with Crippen molar-refractivity contribution in [2.24, 2.45) is 0 Å². The molecule has 0 bridgehead atoms. The molecule has 0 saturated heterocycles. The molecule has 4 N–H and O–H groups in total. The molecule has 1 aromatic rings. The molecular weight excluding hydrogens is 300 g/mol. The molecule has 4 amide bonds. The van der Waals surface area contributed by atoms with Gasteiger partial charge in [0.1, 0.15) is 5.75 Å². The van der Waals surface area contributed by atoms with Gasteiger partial charge in [-0.15, -0.1) is 0 Å². The number of carbonyl (C=O) groups is 3. The summed E-state index contributed by atoms with van der Waals surface area (Å²) in [5.74, 6) is -0.692. The highest BCUT2D eigenvalue weighted by atomic mass is 16.3. The molecule has 23 heavy (non-hydrogen) atoms. The predicted octanol–water partition coefficient (Wildman–Crippen LogP) is 0.497. The molecule has 1 aromatic carbocycles. The lowest BCUT2D eigenvalue weighted by molar-refractivity contribution is -0.125. The van der Waals surface area contributed by atoms with Crippen molar-refractivity contribution in [1.29, 1.82) is 0 Å². The molecular formula is C15H22N4O4. The molecule has 8 heteroatoms. The summed E-state index contributed by atoms with van der Waals surface area (Å²) in [7, 11) is 1.61. The number of phenols is 1. The van der Waals surface area contributed by atoms with E-state index in [9.17, 15) is 19.5 Å². The van der Waals surface area contributed by atoms with Gasteiger partial charge in [-0.2, -0.15) is 0 Å². The Morgan fingerprint density at radius 1 is 1.22 bits per heavy atom. The average Bonchev–Trinajstić information content (AvgIpc) is 2.48. The number of amides is 4. The number of urea groups is 1. The van der Waals surface area contributed by atoms with E-state index >= 15 is 0 Å². The van der Waals surface area contributed by atoms with Crippen LogP contribution < -0.4 is 16.0 Å². The molecule has 0 aliphatic carbocycles. The monoisotopic (exact) mass is 322 g/mol. The zero-order valence-electron chi connectivity index (χ0n) is 13.4. The molecule has 1 rings (SSSR count). The first-order valence-electron chi connectivity index (χ1n) is 7.21. The third kappa shape index (κ3) is 6.35. The van der Waals surface area contributed by atoms with Gasteiger partial charge in [0.25, 0.3) is 0 Å². The maximum atomic E-state index is 11.9. The van der Waals surface area contributed by atoms with Gasteiger partial charge >= 0.3 is 6.03 Å². The van der Waals surface area contributed by atoms with Crippen molar-refractivity contribution in [1.82, 2.24) is 15.5 Å². The number of rotatable bonds is 6. The van der Waals surface area contributed by atoms with Crippen LogP contribution in [0.4, 0.5) is 10.5 Å². The van der Waals surface area contributed by atoms with Gasteiger partial charge in [0.15, 0.2) is 0 Å². The maximum Gasteiger partial charge on any atom is 0.321 e. The second kappa shape index (κ2) is 8.74. The van der Waals surface area contributed by atoms with E-state index in [2.05, 4.69) is 16.0 Å². The normalized spacial score (nSPS) is 11.7. The van der Waals surface area contributed by atoms with Crippen molar-refractivity contribution in [3.8, 4) is 5.75 Å². The third-order valence-corrected chi connectivity index (χ3v) is 3.16. The Labute approximate surface area is 134 Å². The first-order valence-corrected chi connectivity index (χ1v) is 7.21. The molecule has 0 radical (unpaired) electrons. The fraction of sp³-hybridized carbons (Fsp3) is 0.400. The molecule has 0 saturated carbocycles. The van der Waals surface area contributed by atoms with Gasteiger partial charge in [-0.3, -0.25) is 19.8 Å². The number of carbonyl (C=O) groups excluding carboxylic acids is 3. The fourth-order valence-electron chi connectivity index (χ4n) is 1.73. The smallest absolute Gasteiger partial charge is 0.321 e. The van der Waals surface area contributed by atoms with Crippen LogP contribution in [0.2, 0.25) is 0 Å². The van der Waals surface area contributed by atoms with Crippen molar-refractivity contribution in [2.75, 3.05) is 25.5 Å². The minimum Gasteiger partial charge on any atom is -0.508 e. The van der Waals surface area contributed by atoms with E-state index < -0.39 is 18.0 Å². The number of hydrogen-bond donors (Lipinski definition) is 4. The quantitative estimate of drug-likeness (QED) is 0.570. The van der Waals surface area contributed by atoms with E-state index in [1.165, 1.54) is 17.0 Å². The number of hydrogen-bond acceptors (Lipinski definition) is 5. The van der Waals surface area contributed by atoms with Crippen LogP contribution in [0, 0.1) is 0 Å². The largest absolute Gasteiger partial charge is 0.508 e. The lowest BCUT2D eigenvalue weighted by atomic mass is 10.2. The number of benzene rings is 1. The minimum atomic E-state index is -0.650. The lowest BCUT2D eigenvalue weighted by Crippen LogP contribution is -2.49. The van der Waals surface area contributed by atoms with Crippen molar-refractivity contribution >= 4 is 23.5 Å². The zero-order chi connectivity index (χ0) is 17.4. The van der Waals surface area contributed by atoms with Crippen LogP contribution in [0.5, 0.6) is 5.75 Å². The summed E-state index contributed by atoms with van der Waals surface area (Å²) in [6, 6.07) is 4.84. The Kier molecular flexibility index (Phi) is 7.01. The summed E-state index contributed by atoms with van der Waals surface area (Å²) in [6.07, 6.45) is 0. The van der Waals surface area contributed by atoms with Crippen LogP contribution in [0.1, 0.15) is 13.8 Å². The first-order chi connectivity index (χ1) is 10.8. The summed E-state index contributed by atoms with van der Waals surface area (Å²) in [4.78, 5) is 36.6. The van der Waals surface area contributed by atoms with E-state index in [1.54, 1.807) is 33.0 Å². The van der Waals surface area contributed by atoms with Gasteiger partial charge in [0, 0.05) is 12.2 Å². The molecule has 0 heterocycles. The Balaban J connectivity index is 2.48. The van der Waals surface area contributed by atoms with Crippen molar-refractivity contribution in [2.45, 2.75) is 19.9 Å². The molecule has 0 aliphatic heterocycles. The predicted molar refractivity (Wildman–Crippen MR) is 86.0 cm³/mol.